The molecule has 0 fully saturated rings. The van der Waals surface area contributed by atoms with Gasteiger partial charge in [0.05, 0.1) is 15.7 Å². The Kier molecular flexibility index (Phi) is 3.08. The van der Waals surface area contributed by atoms with Gasteiger partial charge in [-0.2, -0.15) is 18.2 Å². The van der Waals surface area contributed by atoms with E-state index >= 15 is 0 Å². The molecule has 1 aromatic carbocycles. The summed E-state index contributed by atoms with van der Waals surface area (Å²) in [5.41, 5.74) is -0.955. The number of halogens is 4. The molecule has 0 amide bonds. The van der Waals surface area contributed by atoms with Crippen molar-refractivity contribution >= 4 is 27.7 Å². The standard InChI is InChI=1S/C8H3BrF3NO/c9-7-5(8(10,11)12)2-1-3-6(7)13-4-14/h1-3H. The Morgan fingerprint density at radius 2 is 2.00 bits per heavy atom. The Labute approximate surface area is 85.6 Å². The Morgan fingerprint density at radius 1 is 1.36 bits per heavy atom. The fourth-order valence-electron chi connectivity index (χ4n) is 0.874. The molecule has 0 N–H and O–H groups in total. The molecule has 14 heavy (non-hydrogen) atoms. The number of alkyl halides is 3. The van der Waals surface area contributed by atoms with Gasteiger partial charge in [0, 0.05) is 0 Å². The number of hydrogen-bond acceptors (Lipinski definition) is 2. The SMILES string of the molecule is O=C=Nc1cccc(C(F)(F)F)c1Br. The Bertz CT molecular complexity index is 396. The van der Waals surface area contributed by atoms with Crippen molar-refractivity contribution in [2.75, 3.05) is 0 Å². The summed E-state index contributed by atoms with van der Waals surface area (Å²) in [6.07, 6.45) is -3.28. The number of rotatable bonds is 1. The molecule has 0 bridgehead atoms. The lowest BCUT2D eigenvalue weighted by atomic mass is 10.2. The van der Waals surface area contributed by atoms with Crippen LogP contribution in [0.1, 0.15) is 5.56 Å². The maximum absolute atomic E-state index is 12.3. The van der Waals surface area contributed by atoms with Gasteiger partial charge in [-0.1, -0.05) is 6.07 Å². The normalized spacial score (nSPS) is 10.9. The first-order valence-corrected chi connectivity index (χ1v) is 4.19. The third-order valence-electron chi connectivity index (χ3n) is 1.45. The smallest absolute Gasteiger partial charge is 0.211 e. The van der Waals surface area contributed by atoms with Gasteiger partial charge in [-0.25, -0.2) is 4.79 Å². The molecule has 0 saturated carbocycles. The first-order chi connectivity index (χ1) is 6.46. The van der Waals surface area contributed by atoms with Crippen molar-refractivity contribution in [1.82, 2.24) is 0 Å². The maximum atomic E-state index is 12.3. The van der Waals surface area contributed by atoms with Crippen LogP contribution in [-0.2, 0) is 11.0 Å². The first kappa shape index (κ1) is 10.9. The summed E-state index contributed by atoms with van der Waals surface area (Å²) in [6.45, 7) is 0. The molecule has 0 radical (unpaired) electrons. The second-order valence-corrected chi connectivity index (χ2v) is 3.13. The van der Waals surface area contributed by atoms with Crippen LogP contribution < -0.4 is 0 Å². The summed E-state index contributed by atoms with van der Waals surface area (Å²) in [7, 11) is 0. The van der Waals surface area contributed by atoms with Gasteiger partial charge < -0.3 is 0 Å². The van der Waals surface area contributed by atoms with Gasteiger partial charge in [0.2, 0.25) is 6.08 Å². The maximum Gasteiger partial charge on any atom is 0.417 e. The predicted octanol–water partition coefficient (Wildman–Crippen LogP) is 3.44. The van der Waals surface area contributed by atoms with E-state index in [9.17, 15) is 18.0 Å². The summed E-state index contributed by atoms with van der Waals surface area (Å²) in [5, 5.41) is 0. The molecule has 0 saturated heterocycles. The van der Waals surface area contributed by atoms with E-state index in [1.165, 1.54) is 18.2 Å². The average Bonchev–Trinajstić information content (AvgIpc) is 2.07. The quantitative estimate of drug-likeness (QED) is 0.565. The van der Waals surface area contributed by atoms with Gasteiger partial charge in [0.25, 0.3) is 0 Å². The molecule has 0 unspecified atom stereocenters. The van der Waals surface area contributed by atoms with Crippen LogP contribution in [0.2, 0.25) is 0 Å². The zero-order chi connectivity index (χ0) is 10.8. The molecule has 0 aliphatic rings. The first-order valence-electron chi connectivity index (χ1n) is 3.40. The van der Waals surface area contributed by atoms with Crippen molar-refractivity contribution in [3.8, 4) is 0 Å². The molecule has 6 heteroatoms. The van der Waals surface area contributed by atoms with Crippen molar-refractivity contribution in [2.45, 2.75) is 6.18 Å². The topological polar surface area (TPSA) is 29.4 Å². The molecule has 74 valence electrons. The van der Waals surface area contributed by atoms with Crippen LogP contribution in [0.25, 0.3) is 0 Å². The van der Waals surface area contributed by atoms with E-state index in [4.69, 9.17) is 0 Å². The zero-order valence-electron chi connectivity index (χ0n) is 6.60. The highest BCUT2D eigenvalue weighted by molar-refractivity contribution is 9.10. The minimum absolute atomic E-state index is 0.0881. The van der Waals surface area contributed by atoms with E-state index in [0.717, 1.165) is 6.07 Å². The van der Waals surface area contributed by atoms with Gasteiger partial charge >= 0.3 is 6.18 Å². The van der Waals surface area contributed by atoms with E-state index in [1.54, 1.807) is 0 Å². The van der Waals surface area contributed by atoms with Gasteiger partial charge in [-0.15, -0.1) is 0 Å². The van der Waals surface area contributed by atoms with E-state index in [-0.39, 0.29) is 10.2 Å². The summed E-state index contributed by atoms with van der Waals surface area (Å²) in [4.78, 5) is 13.0. The fourth-order valence-corrected chi connectivity index (χ4v) is 1.45. The predicted molar refractivity (Wildman–Crippen MR) is 46.9 cm³/mol. The van der Waals surface area contributed by atoms with Crippen LogP contribution in [0.4, 0.5) is 18.9 Å². The molecule has 0 aliphatic carbocycles. The average molecular weight is 266 g/mol. The highest BCUT2D eigenvalue weighted by Gasteiger charge is 2.33. The lowest BCUT2D eigenvalue weighted by Gasteiger charge is -2.09. The van der Waals surface area contributed by atoms with E-state index < -0.39 is 11.7 Å². The van der Waals surface area contributed by atoms with Crippen LogP contribution in [0.5, 0.6) is 0 Å². The molecular formula is C8H3BrF3NO. The van der Waals surface area contributed by atoms with Gasteiger partial charge in [-0.3, -0.25) is 0 Å². The number of isocyanates is 1. The van der Waals surface area contributed by atoms with Crippen molar-refractivity contribution in [3.63, 3.8) is 0 Å². The van der Waals surface area contributed by atoms with E-state index in [2.05, 4.69) is 20.9 Å². The molecule has 0 aromatic heterocycles. The van der Waals surface area contributed by atoms with Crippen molar-refractivity contribution in [1.29, 1.82) is 0 Å². The number of nitrogens with zero attached hydrogens (tertiary/aromatic N) is 1. The van der Waals surface area contributed by atoms with E-state index in [1.807, 2.05) is 0 Å². The lowest BCUT2D eigenvalue weighted by Crippen LogP contribution is -2.05. The van der Waals surface area contributed by atoms with Crippen LogP contribution in [0.15, 0.2) is 27.7 Å². The fraction of sp³-hybridized carbons (Fsp3) is 0.125. The number of hydrogen-bond donors (Lipinski definition) is 0. The molecular weight excluding hydrogens is 263 g/mol. The van der Waals surface area contributed by atoms with Gasteiger partial charge in [0.15, 0.2) is 0 Å². The monoisotopic (exact) mass is 265 g/mol. The molecule has 1 rings (SSSR count). The molecule has 1 aromatic rings. The van der Waals surface area contributed by atoms with Crippen molar-refractivity contribution < 1.29 is 18.0 Å². The molecule has 0 spiro atoms. The third-order valence-corrected chi connectivity index (χ3v) is 2.28. The zero-order valence-corrected chi connectivity index (χ0v) is 8.19. The Hall–Kier alpha value is -1.13. The van der Waals surface area contributed by atoms with Crippen LogP contribution >= 0.6 is 15.9 Å². The van der Waals surface area contributed by atoms with Crippen molar-refractivity contribution in [2.24, 2.45) is 4.99 Å². The van der Waals surface area contributed by atoms with Crippen LogP contribution in [0.3, 0.4) is 0 Å². The van der Waals surface area contributed by atoms with Crippen LogP contribution in [0, 0.1) is 0 Å². The molecule has 0 heterocycles. The Morgan fingerprint density at radius 3 is 2.50 bits per heavy atom. The summed E-state index contributed by atoms with van der Waals surface area (Å²) >= 11 is 2.73. The highest BCUT2D eigenvalue weighted by atomic mass is 79.9. The number of carbonyl (C=O) groups excluding carboxylic acids is 1. The molecule has 0 atom stereocenters. The molecule has 2 nitrogen and oxygen atoms in total. The van der Waals surface area contributed by atoms with Crippen molar-refractivity contribution in [3.05, 3.63) is 28.2 Å². The Balaban J connectivity index is 3.34. The second-order valence-electron chi connectivity index (χ2n) is 2.34. The van der Waals surface area contributed by atoms with Gasteiger partial charge in [-0.05, 0) is 28.1 Å². The summed E-state index contributed by atoms with van der Waals surface area (Å²) in [5.74, 6) is 0. The minimum atomic E-state index is -4.47. The second kappa shape index (κ2) is 3.94. The third kappa shape index (κ3) is 2.21. The summed E-state index contributed by atoms with van der Waals surface area (Å²) in [6, 6.07) is 3.35. The summed E-state index contributed by atoms with van der Waals surface area (Å²) < 4.78 is 36.6. The molecule has 0 aliphatic heterocycles. The van der Waals surface area contributed by atoms with Crippen LogP contribution in [-0.4, -0.2) is 6.08 Å². The largest absolute Gasteiger partial charge is 0.417 e. The lowest BCUT2D eigenvalue weighted by molar-refractivity contribution is -0.138. The number of aliphatic imine (C=N–C) groups is 1. The number of benzene rings is 1. The van der Waals surface area contributed by atoms with Gasteiger partial charge in [0.1, 0.15) is 0 Å². The van der Waals surface area contributed by atoms with E-state index in [0.29, 0.717) is 0 Å². The minimum Gasteiger partial charge on any atom is -0.211 e. The highest BCUT2D eigenvalue weighted by Crippen LogP contribution is 2.39.